The van der Waals surface area contributed by atoms with Gasteiger partial charge in [0.25, 0.3) is 0 Å². The molecule has 0 fully saturated rings. The second kappa shape index (κ2) is 7.26. The molecule has 2 N–H and O–H groups in total. The molecule has 0 bridgehead atoms. The van der Waals surface area contributed by atoms with Crippen molar-refractivity contribution in [3.05, 3.63) is 46.2 Å². The van der Waals surface area contributed by atoms with Crippen molar-refractivity contribution in [2.45, 2.75) is 45.8 Å². The van der Waals surface area contributed by atoms with Crippen LogP contribution in [0, 0.1) is 11.8 Å². The van der Waals surface area contributed by atoms with E-state index < -0.39 is 23.4 Å². The average Bonchev–Trinajstić information content (AvgIpc) is 2.56. The number of hydrogen-bond donors (Lipinski definition) is 2. The van der Waals surface area contributed by atoms with Crippen LogP contribution in [0.3, 0.4) is 0 Å². The number of carbonyl (C=O) groups is 1. The zero-order chi connectivity index (χ0) is 18.1. The Morgan fingerprint density at radius 2 is 2.25 bits per heavy atom. The van der Waals surface area contributed by atoms with Gasteiger partial charge in [0, 0.05) is 5.92 Å². The van der Waals surface area contributed by atoms with Crippen LogP contribution in [0.5, 0.6) is 0 Å². The lowest BCUT2D eigenvalue weighted by Gasteiger charge is -2.40. The fourth-order valence-electron chi connectivity index (χ4n) is 2.88. The molecule has 0 amide bonds. The smallest absolute Gasteiger partial charge is 0.208 e. The standard InChI is InChI=1S/C19H25ClO4/c1-5-11(2)8-12(3)6-7-13-9-14-15(10-24-13)17(21)19(4,23)18(22)16(14)20/h6-9,11,15,17,21,23H,5,10H2,1-4H3/b7-6+,12-8+/t11-,15+,17+,19+/m0/s1. The Morgan fingerprint density at radius 3 is 2.88 bits per heavy atom. The Kier molecular flexibility index (Phi) is 5.74. The first kappa shape index (κ1) is 19.0. The van der Waals surface area contributed by atoms with Gasteiger partial charge in [-0.1, -0.05) is 49.6 Å². The number of carbonyl (C=O) groups excluding carboxylic acids is 1. The molecular weight excluding hydrogens is 328 g/mol. The van der Waals surface area contributed by atoms with Crippen molar-refractivity contribution >= 4 is 17.4 Å². The predicted octanol–water partition coefficient (Wildman–Crippen LogP) is 3.25. The number of halogens is 1. The summed E-state index contributed by atoms with van der Waals surface area (Å²) >= 11 is 6.13. The van der Waals surface area contributed by atoms with Gasteiger partial charge in [0.05, 0.1) is 11.6 Å². The number of Topliss-reactive ketones (excluding diaryl/α,β-unsaturated/α-hetero) is 1. The van der Waals surface area contributed by atoms with Crippen LogP contribution in [-0.4, -0.2) is 34.3 Å². The monoisotopic (exact) mass is 352 g/mol. The number of allylic oxidation sites excluding steroid dienone is 5. The topological polar surface area (TPSA) is 66.8 Å². The van der Waals surface area contributed by atoms with E-state index in [2.05, 4.69) is 19.9 Å². The van der Waals surface area contributed by atoms with Gasteiger partial charge in [-0.25, -0.2) is 0 Å². The van der Waals surface area contributed by atoms with Gasteiger partial charge in [-0.15, -0.1) is 0 Å². The number of ether oxygens (including phenoxy) is 1. The van der Waals surface area contributed by atoms with Crippen LogP contribution in [0.25, 0.3) is 0 Å². The van der Waals surface area contributed by atoms with Gasteiger partial charge in [0.1, 0.15) is 11.9 Å². The Morgan fingerprint density at radius 1 is 1.58 bits per heavy atom. The van der Waals surface area contributed by atoms with E-state index in [1.165, 1.54) is 6.92 Å². The van der Waals surface area contributed by atoms with Gasteiger partial charge >= 0.3 is 0 Å². The van der Waals surface area contributed by atoms with Crippen molar-refractivity contribution in [1.29, 1.82) is 0 Å². The van der Waals surface area contributed by atoms with Gasteiger partial charge < -0.3 is 14.9 Å². The first-order valence-electron chi connectivity index (χ1n) is 8.24. The van der Waals surface area contributed by atoms with Crippen molar-refractivity contribution in [2.24, 2.45) is 11.8 Å². The van der Waals surface area contributed by atoms with E-state index in [9.17, 15) is 15.0 Å². The van der Waals surface area contributed by atoms with Crippen LogP contribution in [0.15, 0.2) is 46.2 Å². The highest BCUT2D eigenvalue weighted by molar-refractivity contribution is 6.44. The highest BCUT2D eigenvalue weighted by Crippen LogP contribution is 2.40. The summed E-state index contributed by atoms with van der Waals surface area (Å²) in [5.74, 6) is -0.0834. The third-order valence-corrected chi connectivity index (χ3v) is 5.09. The normalized spacial score (nSPS) is 32.5. The fourth-order valence-corrected chi connectivity index (χ4v) is 3.26. The maximum atomic E-state index is 12.1. The van der Waals surface area contributed by atoms with Gasteiger partial charge in [0.15, 0.2) is 5.60 Å². The number of hydrogen-bond acceptors (Lipinski definition) is 4. The highest BCUT2D eigenvalue weighted by Gasteiger charge is 2.50. The Bertz CT molecular complexity index is 640. The van der Waals surface area contributed by atoms with E-state index in [0.717, 1.165) is 12.0 Å². The number of fused-ring (bicyclic) bond motifs is 1. The molecule has 132 valence electrons. The van der Waals surface area contributed by atoms with Gasteiger partial charge in [-0.05, 0) is 37.5 Å². The number of ketones is 1. The first-order chi connectivity index (χ1) is 11.2. The maximum Gasteiger partial charge on any atom is 0.208 e. The number of rotatable bonds is 4. The molecule has 0 saturated heterocycles. The van der Waals surface area contributed by atoms with Gasteiger partial charge in [0.2, 0.25) is 5.78 Å². The Hall–Kier alpha value is -1.36. The van der Waals surface area contributed by atoms with Crippen LogP contribution in [0.1, 0.15) is 34.1 Å². The minimum absolute atomic E-state index is 0.0311. The minimum atomic E-state index is -1.88. The van der Waals surface area contributed by atoms with E-state index >= 15 is 0 Å². The molecule has 0 aromatic carbocycles. The second-order valence-electron chi connectivity index (χ2n) is 6.78. The van der Waals surface area contributed by atoms with Crippen molar-refractivity contribution < 1.29 is 19.7 Å². The molecule has 4 atom stereocenters. The molecule has 0 aromatic rings. The summed E-state index contributed by atoms with van der Waals surface area (Å²) in [4.78, 5) is 12.1. The Balaban J connectivity index is 2.28. The molecule has 5 heteroatoms. The van der Waals surface area contributed by atoms with Crippen molar-refractivity contribution in [1.82, 2.24) is 0 Å². The van der Waals surface area contributed by atoms with Gasteiger partial charge in [-0.3, -0.25) is 4.79 Å². The molecule has 0 aromatic heterocycles. The summed E-state index contributed by atoms with van der Waals surface area (Å²) in [6.45, 7) is 7.76. The SMILES string of the molecule is CC[C@H](C)/C=C(C)/C=C/C1=CC2=C(Cl)C(=O)[C@](C)(O)[C@H](O)[C@@H]2CO1. The summed E-state index contributed by atoms with van der Waals surface area (Å²) in [6, 6.07) is 0. The molecule has 2 aliphatic rings. The van der Waals surface area contributed by atoms with Gasteiger partial charge in [-0.2, -0.15) is 0 Å². The summed E-state index contributed by atoms with van der Waals surface area (Å²) in [6.07, 6.45) is 7.46. The third-order valence-electron chi connectivity index (χ3n) is 4.70. The van der Waals surface area contributed by atoms with Crippen LogP contribution in [0.4, 0.5) is 0 Å². The van der Waals surface area contributed by atoms with E-state index in [4.69, 9.17) is 16.3 Å². The zero-order valence-corrected chi connectivity index (χ0v) is 15.3. The molecule has 0 saturated carbocycles. The van der Waals surface area contributed by atoms with E-state index in [1.54, 1.807) is 6.08 Å². The lowest BCUT2D eigenvalue weighted by Crippen LogP contribution is -2.55. The Labute approximate surface area is 148 Å². The average molecular weight is 353 g/mol. The van der Waals surface area contributed by atoms with Crippen LogP contribution >= 0.6 is 11.6 Å². The summed E-state index contributed by atoms with van der Waals surface area (Å²) in [7, 11) is 0. The molecule has 0 spiro atoms. The molecule has 1 aliphatic carbocycles. The van der Waals surface area contributed by atoms with E-state index in [0.29, 0.717) is 17.3 Å². The maximum absolute atomic E-state index is 12.1. The lowest BCUT2D eigenvalue weighted by atomic mass is 9.75. The molecule has 1 aliphatic heterocycles. The minimum Gasteiger partial charge on any atom is -0.493 e. The van der Waals surface area contributed by atoms with Crippen molar-refractivity contribution in [3.8, 4) is 0 Å². The molecule has 0 unspecified atom stereocenters. The molecule has 24 heavy (non-hydrogen) atoms. The molecular formula is C19H25ClO4. The molecule has 2 rings (SSSR count). The second-order valence-corrected chi connectivity index (χ2v) is 7.16. The van der Waals surface area contributed by atoms with Crippen LogP contribution in [-0.2, 0) is 9.53 Å². The third kappa shape index (κ3) is 3.66. The molecule has 0 radical (unpaired) electrons. The van der Waals surface area contributed by atoms with E-state index in [-0.39, 0.29) is 11.6 Å². The summed E-state index contributed by atoms with van der Waals surface area (Å²) < 4.78 is 5.65. The number of aliphatic hydroxyl groups excluding tert-OH is 1. The molecule has 4 nitrogen and oxygen atoms in total. The van der Waals surface area contributed by atoms with Crippen LogP contribution < -0.4 is 0 Å². The molecule has 1 heterocycles. The summed E-state index contributed by atoms with van der Waals surface area (Å²) in [5.41, 5.74) is -0.236. The predicted molar refractivity (Wildman–Crippen MR) is 94.4 cm³/mol. The summed E-state index contributed by atoms with van der Waals surface area (Å²) in [5, 5.41) is 20.4. The largest absolute Gasteiger partial charge is 0.493 e. The lowest BCUT2D eigenvalue weighted by molar-refractivity contribution is -0.150. The highest BCUT2D eigenvalue weighted by atomic mass is 35.5. The quantitative estimate of drug-likeness (QED) is 0.762. The fraction of sp³-hybridized carbons (Fsp3) is 0.526. The zero-order valence-electron chi connectivity index (χ0n) is 14.5. The number of aliphatic hydroxyl groups is 2. The van der Waals surface area contributed by atoms with Crippen molar-refractivity contribution in [3.63, 3.8) is 0 Å². The van der Waals surface area contributed by atoms with Crippen molar-refractivity contribution in [2.75, 3.05) is 6.61 Å². The van der Waals surface area contributed by atoms with Crippen LogP contribution in [0.2, 0.25) is 0 Å². The van der Waals surface area contributed by atoms with E-state index in [1.807, 2.05) is 19.1 Å². The first-order valence-corrected chi connectivity index (χ1v) is 8.62.